The van der Waals surface area contributed by atoms with Gasteiger partial charge in [-0.05, 0) is 31.0 Å². The van der Waals surface area contributed by atoms with Crippen LogP contribution in [0.1, 0.15) is 19.8 Å². The van der Waals surface area contributed by atoms with Crippen LogP contribution in [-0.2, 0) is 4.79 Å². The predicted octanol–water partition coefficient (Wildman–Crippen LogP) is 3.48. The van der Waals surface area contributed by atoms with Gasteiger partial charge >= 0.3 is 0 Å². The van der Waals surface area contributed by atoms with Crippen molar-refractivity contribution in [2.75, 3.05) is 10.6 Å². The first kappa shape index (κ1) is 13.1. The second-order valence-electron chi connectivity index (χ2n) is 4.83. The first-order chi connectivity index (χ1) is 9.61. The number of anilines is 2. The van der Waals surface area contributed by atoms with Gasteiger partial charge < -0.3 is 10.6 Å². The highest BCUT2D eigenvalue weighted by atomic mass is 32.1. The highest BCUT2D eigenvalue weighted by Gasteiger charge is 2.22. The number of hydrogen-bond donors (Lipinski definition) is 2. The maximum atomic E-state index is 14.1. The molecule has 0 saturated heterocycles. The maximum Gasteiger partial charge on any atom is 0.221 e. The Morgan fingerprint density at radius 2 is 2.25 bits per heavy atom. The molecule has 20 heavy (non-hydrogen) atoms. The van der Waals surface area contributed by atoms with Crippen LogP contribution in [-0.4, -0.2) is 16.9 Å². The van der Waals surface area contributed by atoms with Gasteiger partial charge in [0.2, 0.25) is 5.91 Å². The van der Waals surface area contributed by atoms with Crippen molar-refractivity contribution in [3.63, 3.8) is 0 Å². The van der Waals surface area contributed by atoms with E-state index >= 15 is 0 Å². The lowest BCUT2D eigenvalue weighted by Gasteiger charge is -2.05. The fraction of sp³-hybridized carbons (Fsp3) is 0.286. The van der Waals surface area contributed by atoms with Crippen molar-refractivity contribution in [1.82, 2.24) is 4.98 Å². The molecule has 104 valence electrons. The number of rotatable bonds is 4. The zero-order chi connectivity index (χ0) is 14.1. The molecule has 0 aliphatic heterocycles. The number of amides is 1. The number of benzene rings is 1. The Balaban J connectivity index is 1.81. The zero-order valence-electron chi connectivity index (χ0n) is 10.9. The minimum atomic E-state index is -0.389. The highest BCUT2D eigenvalue weighted by molar-refractivity contribution is 7.14. The van der Waals surface area contributed by atoms with E-state index in [-0.39, 0.29) is 11.7 Å². The fourth-order valence-electron chi connectivity index (χ4n) is 1.87. The van der Waals surface area contributed by atoms with Gasteiger partial charge in [0.1, 0.15) is 5.82 Å². The summed E-state index contributed by atoms with van der Waals surface area (Å²) in [5, 5.41) is 8.51. The van der Waals surface area contributed by atoms with Gasteiger partial charge in [0.25, 0.3) is 0 Å². The molecule has 0 atom stereocenters. The summed E-state index contributed by atoms with van der Waals surface area (Å²) < 4.78 is 14.1. The van der Waals surface area contributed by atoms with Gasteiger partial charge in [-0.2, -0.15) is 0 Å². The SMILES string of the molecule is CC(=O)Nc1ccc(-c2csc(NC3CC3)n2)c(F)c1. The van der Waals surface area contributed by atoms with E-state index in [1.54, 1.807) is 12.1 Å². The summed E-state index contributed by atoms with van der Waals surface area (Å²) in [6.45, 7) is 1.39. The van der Waals surface area contributed by atoms with Crippen LogP contribution >= 0.6 is 11.3 Å². The molecule has 1 heterocycles. The van der Waals surface area contributed by atoms with E-state index in [0.717, 1.165) is 5.13 Å². The van der Waals surface area contributed by atoms with Gasteiger partial charge in [-0.1, -0.05) is 0 Å². The van der Waals surface area contributed by atoms with Gasteiger partial charge in [0, 0.05) is 29.6 Å². The molecule has 1 aromatic carbocycles. The average Bonchev–Trinajstić information content (AvgIpc) is 3.06. The maximum absolute atomic E-state index is 14.1. The molecule has 3 rings (SSSR count). The third-order valence-electron chi connectivity index (χ3n) is 2.97. The molecule has 0 unspecified atom stereocenters. The number of halogens is 1. The molecular formula is C14H14FN3OS. The number of carbonyl (C=O) groups excluding carboxylic acids is 1. The Bertz CT molecular complexity index is 652. The van der Waals surface area contributed by atoms with E-state index in [1.165, 1.54) is 37.2 Å². The molecule has 1 fully saturated rings. The van der Waals surface area contributed by atoms with E-state index in [9.17, 15) is 9.18 Å². The number of hydrogen-bond acceptors (Lipinski definition) is 4. The normalized spacial score (nSPS) is 14.1. The molecular weight excluding hydrogens is 277 g/mol. The molecule has 1 aromatic heterocycles. The number of nitrogens with zero attached hydrogens (tertiary/aromatic N) is 1. The van der Waals surface area contributed by atoms with Crippen LogP contribution in [0.25, 0.3) is 11.3 Å². The Hall–Kier alpha value is -1.95. The summed E-state index contributed by atoms with van der Waals surface area (Å²) in [7, 11) is 0. The molecule has 0 radical (unpaired) electrons. The molecule has 1 amide bonds. The van der Waals surface area contributed by atoms with E-state index in [2.05, 4.69) is 15.6 Å². The summed E-state index contributed by atoms with van der Waals surface area (Å²) >= 11 is 1.48. The average molecular weight is 291 g/mol. The lowest BCUT2D eigenvalue weighted by molar-refractivity contribution is -0.114. The Labute approximate surface area is 120 Å². The fourth-order valence-corrected chi connectivity index (χ4v) is 2.66. The topological polar surface area (TPSA) is 54.0 Å². The lowest BCUT2D eigenvalue weighted by atomic mass is 10.1. The van der Waals surface area contributed by atoms with Gasteiger partial charge in [-0.3, -0.25) is 4.79 Å². The van der Waals surface area contributed by atoms with Gasteiger partial charge in [-0.25, -0.2) is 9.37 Å². The molecule has 0 bridgehead atoms. The third kappa shape index (κ3) is 2.96. The van der Waals surface area contributed by atoms with Crippen molar-refractivity contribution in [2.24, 2.45) is 0 Å². The highest BCUT2D eigenvalue weighted by Crippen LogP contribution is 2.31. The molecule has 0 spiro atoms. The van der Waals surface area contributed by atoms with Crippen molar-refractivity contribution in [3.05, 3.63) is 29.4 Å². The molecule has 1 aliphatic carbocycles. The Morgan fingerprint density at radius 3 is 2.90 bits per heavy atom. The van der Waals surface area contributed by atoms with Crippen LogP contribution in [0.4, 0.5) is 15.2 Å². The van der Waals surface area contributed by atoms with Crippen molar-refractivity contribution in [2.45, 2.75) is 25.8 Å². The largest absolute Gasteiger partial charge is 0.359 e. The monoisotopic (exact) mass is 291 g/mol. The van der Waals surface area contributed by atoms with Crippen LogP contribution in [0.15, 0.2) is 23.6 Å². The van der Waals surface area contributed by atoms with E-state index in [0.29, 0.717) is 23.0 Å². The first-order valence-corrected chi connectivity index (χ1v) is 7.29. The number of carbonyl (C=O) groups is 1. The summed E-state index contributed by atoms with van der Waals surface area (Å²) in [6.07, 6.45) is 2.35. The van der Waals surface area contributed by atoms with Crippen molar-refractivity contribution >= 4 is 28.1 Å². The smallest absolute Gasteiger partial charge is 0.221 e. The standard InChI is InChI=1S/C14H14FN3OS/c1-8(19)16-10-4-5-11(12(15)6-10)13-7-20-14(18-13)17-9-2-3-9/h4-7,9H,2-3H2,1H3,(H,16,19)(H,17,18). The van der Waals surface area contributed by atoms with E-state index in [1.807, 2.05) is 5.38 Å². The van der Waals surface area contributed by atoms with Crippen molar-refractivity contribution in [3.8, 4) is 11.3 Å². The van der Waals surface area contributed by atoms with E-state index < -0.39 is 0 Å². The third-order valence-corrected chi connectivity index (χ3v) is 3.75. The molecule has 2 aromatic rings. The van der Waals surface area contributed by atoms with Crippen molar-refractivity contribution in [1.29, 1.82) is 0 Å². The number of thiazole rings is 1. The van der Waals surface area contributed by atoms with Gasteiger partial charge in [-0.15, -0.1) is 11.3 Å². The van der Waals surface area contributed by atoms with Gasteiger partial charge in [0.15, 0.2) is 5.13 Å². The quantitative estimate of drug-likeness (QED) is 0.906. The second-order valence-corrected chi connectivity index (χ2v) is 5.69. The minimum Gasteiger partial charge on any atom is -0.359 e. The molecule has 1 aliphatic rings. The molecule has 4 nitrogen and oxygen atoms in total. The van der Waals surface area contributed by atoms with Crippen LogP contribution < -0.4 is 10.6 Å². The Kier molecular flexibility index (Phi) is 3.40. The van der Waals surface area contributed by atoms with Crippen LogP contribution in [0.3, 0.4) is 0 Å². The molecule has 6 heteroatoms. The zero-order valence-corrected chi connectivity index (χ0v) is 11.8. The van der Waals surface area contributed by atoms with Gasteiger partial charge in [0.05, 0.1) is 5.69 Å². The van der Waals surface area contributed by atoms with Crippen molar-refractivity contribution < 1.29 is 9.18 Å². The van der Waals surface area contributed by atoms with Crippen LogP contribution in [0.5, 0.6) is 0 Å². The van der Waals surface area contributed by atoms with Crippen LogP contribution in [0.2, 0.25) is 0 Å². The number of aromatic nitrogens is 1. The van der Waals surface area contributed by atoms with Crippen LogP contribution in [0, 0.1) is 5.82 Å². The van der Waals surface area contributed by atoms with E-state index in [4.69, 9.17) is 0 Å². The molecule has 1 saturated carbocycles. The summed E-state index contributed by atoms with van der Waals surface area (Å²) in [5.41, 5.74) is 1.51. The predicted molar refractivity (Wildman–Crippen MR) is 78.5 cm³/mol. The summed E-state index contributed by atoms with van der Waals surface area (Å²) in [6, 6.07) is 5.15. The minimum absolute atomic E-state index is 0.221. The summed E-state index contributed by atoms with van der Waals surface area (Å²) in [5.74, 6) is -0.610. The first-order valence-electron chi connectivity index (χ1n) is 6.41. The number of nitrogens with one attached hydrogen (secondary N) is 2. The Morgan fingerprint density at radius 1 is 1.45 bits per heavy atom. The molecule has 2 N–H and O–H groups in total. The second kappa shape index (κ2) is 5.20. The lowest BCUT2D eigenvalue weighted by Crippen LogP contribution is -2.06. The summed E-state index contributed by atoms with van der Waals surface area (Å²) in [4.78, 5) is 15.3.